The van der Waals surface area contributed by atoms with Gasteiger partial charge in [-0.25, -0.2) is 22.2 Å². The molecule has 0 bridgehead atoms. The predicted octanol–water partition coefficient (Wildman–Crippen LogP) is 4.50. The van der Waals surface area contributed by atoms with E-state index in [-0.39, 0.29) is 16.1 Å². The molecule has 0 aliphatic rings. The molecule has 2 aromatic carbocycles. The van der Waals surface area contributed by atoms with E-state index < -0.39 is 38.1 Å². The molecule has 0 atom stereocenters. The molecule has 0 unspecified atom stereocenters. The number of aromatic nitrogens is 2. The van der Waals surface area contributed by atoms with Gasteiger partial charge in [0, 0.05) is 28.9 Å². The van der Waals surface area contributed by atoms with Gasteiger partial charge in [-0.2, -0.15) is 0 Å². The van der Waals surface area contributed by atoms with Crippen LogP contribution >= 0.6 is 0 Å². The van der Waals surface area contributed by atoms with Gasteiger partial charge < -0.3 is 10.7 Å². The molecule has 0 aliphatic heterocycles. The molecule has 4 rings (SSSR count). The van der Waals surface area contributed by atoms with Gasteiger partial charge in [0.05, 0.1) is 21.4 Å². The number of nitrogen functional groups attached to an aromatic ring is 1. The SMILES string of the molecule is CC(C)S(=O)(=O)c1ccc(-c2cnc3[nH]cc(C(=O)c4c(F)ccc(N)c4F)c3c2)cc1. The standard InChI is InChI=1S/C23H19F2N3O3S/c1-12(2)32(30,31)15-5-3-13(4-6-15)14-9-16-17(11-28-23(16)27-10-14)22(29)20-18(24)7-8-19(26)21(20)25/h3-12H,26H2,1-2H3,(H,27,28). The zero-order chi connectivity index (χ0) is 23.2. The number of halogens is 2. The zero-order valence-corrected chi connectivity index (χ0v) is 18.0. The third kappa shape index (κ3) is 3.54. The number of anilines is 1. The highest BCUT2D eigenvalue weighted by Crippen LogP contribution is 2.29. The fourth-order valence-electron chi connectivity index (χ4n) is 3.37. The lowest BCUT2D eigenvalue weighted by atomic mass is 10.00. The second-order valence-electron chi connectivity index (χ2n) is 7.60. The van der Waals surface area contributed by atoms with E-state index in [2.05, 4.69) is 9.97 Å². The summed E-state index contributed by atoms with van der Waals surface area (Å²) in [6.45, 7) is 3.22. The highest BCUT2D eigenvalue weighted by Gasteiger charge is 2.24. The number of nitrogens with zero attached hydrogens (tertiary/aromatic N) is 1. The first-order valence-electron chi connectivity index (χ1n) is 9.71. The first kappa shape index (κ1) is 21.6. The van der Waals surface area contributed by atoms with E-state index in [9.17, 15) is 22.0 Å². The summed E-state index contributed by atoms with van der Waals surface area (Å²) in [4.78, 5) is 20.2. The predicted molar refractivity (Wildman–Crippen MR) is 118 cm³/mol. The highest BCUT2D eigenvalue weighted by atomic mass is 32.2. The first-order chi connectivity index (χ1) is 15.1. The van der Waals surface area contributed by atoms with Crippen LogP contribution in [0.1, 0.15) is 29.8 Å². The Morgan fingerprint density at radius 2 is 1.75 bits per heavy atom. The van der Waals surface area contributed by atoms with Crippen LogP contribution in [0.3, 0.4) is 0 Å². The number of aromatic amines is 1. The molecule has 9 heteroatoms. The van der Waals surface area contributed by atoms with Crippen molar-refractivity contribution in [3.05, 3.63) is 77.6 Å². The van der Waals surface area contributed by atoms with E-state index in [1.54, 1.807) is 38.2 Å². The minimum Gasteiger partial charge on any atom is -0.396 e. The van der Waals surface area contributed by atoms with Gasteiger partial charge in [0.15, 0.2) is 15.7 Å². The molecule has 0 saturated carbocycles. The average molecular weight is 455 g/mol. The monoisotopic (exact) mass is 455 g/mol. The summed E-state index contributed by atoms with van der Waals surface area (Å²) in [7, 11) is -3.41. The van der Waals surface area contributed by atoms with Gasteiger partial charge >= 0.3 is 0 Å². The number of nitrogens with two attached hydrogens (primary N) is 1. The topological polar surface area (TPSA) is 106 Å². The summed E-state index contributed by atoms with van der Waals surface area (Å²) in [6.07, 6.45) is 2.89. The third-order valence-electron chi connectivity index (χ3n) is 5.26. The molecule has 3 N–H and O–H groups in total. The Hall–Kier alpha value is -3.59. The molecule has 4 aromatic rings. The Balaban J connectivity index is 1.78. The highest BCUT2D eigenvalue weighted by molar-refractivity contribution is 7.92. The molecule has 2 heterocycles. The molecule has 0 aliphatic carbocycles. The van der Waals surface area contributed by atoms with Crippen LogP contribution in [0.4, 0.5) is 14.5 Å². The lowest BCUT2D eigenvalue weighted by molar-refractivity contribution is 0.103. The molecule has 32 heavy (non-hydrogen) atoms. The van der Waals surface area contributed by atoms with Crippen molar-refractivity contribution in [1.29, 1.82) is 0 Å². The van der Waals surface area contributed by atoms with Crippen LogP contribution in [0.15, 0.2) is 59.8 Å². The Morgan fingerprint density at radius 1 is 1.06 bits per heavy atom. The van der Waals surface area contributed by atoms with Crippen molar-refractivity contribution in [3.63, 3.8) is 0 Å². The largest absolute Gasteiger partial charge is 0.396 e. The number of H-pyrrole nitrogens is 1. The van der Waals surface area contributed by atoms with Gasteiger partial charge in [-0.15, -0.1) is 0 Å². The van der Waals surface area contributed by atoms with Crippen molar-refractivity contribution in [3.8, 4) is 11.1 Å². The Kier molecular flexibility index (Phi) is 5.29. The summed E-state index contributed by atoms with van der Waals surface area (Å²) >= 11 is 0. The van der Waals surface area contributed by atoms with Crippen LogP contribution in [-0.2, 0) is 9.84 Å². The maximum absolute atomic E-state index is 14.4. The fourth-order valence-corrected chi connectivity index (χ4v) is 4.43. The van der Waals surface area contributed by atoms with Crippen molar-refractivity contribution in [1.82, 2.24) is 9.97 Å². The smallest absolute Gasteiger partial charge is 0.201 e. The molecule has 164 valence electrons. The molecule has 0 saturated heterocycles. The Bertz CT molecular complexity index is 1460. The fraction of sp³-hybridized carbons (Fsp3) is 0.130. The summed E-state index contributed by atoms with van der Waals surface area (Å²) in [6, 6.07) is 9.95. The number of carbonyl (C=O) groups is 1. The lowest BCUT2D eigenvalue weighted by Gasteiger charge is -2.09. The van der Waals surface area contributed by atoms with Crippen LogP contribution in [-0.4, -0.2) is 29.4 Å². The summed E-state index contributed by atoms with van der Waals surface area (Å²) in [5, 5.41) is -0.180. The van der Waals surface area contributed by atoms with E-state index in [0.29, 0.717) is 22.2 Å². The van der Waals surface area contributed by atoms with Gasteiger partial charge in [-0.3, -0.25) is 4.79 Å². The molecule has 0 amide bonds. The summed E-state index contributed by atoms with van der Waals surface area (Å²) in [5.74, 6) is -2.99. The van der Waals surface area contributed by atoms with Gasteiger partial charge in [0.25, 0.3) is 0 Å². The van der Waals surface area contributed by atoms with Crippen LogP contribution < -0.4 is 5.73 Å². The van der Waals surface area contributed by atoms with E-state index in [1.165, 1.54) is 18.3 Å². The molecule has 0 fully saturated rings. The van der Waals surface area contributed by atoms with Crippen LogP contribution in [0, 0.1) is 11.6 Å². The van der Waals surface area contributed by atoms with Crippen LogP contribution in [0.2, 0.25) is 0 Å². The second-order valence-corrected chi connectivity index (χ2v) is 10.1. The van der Waals surface area contributed by atoms with Crippen molar-refractivity contribution in [2.75, 3.05) is 5.73 Å². The van der Waals surface area contributed by atoms with Crippen molar-refractivity contribution >= 4 is 32.3 Å². The number of carbonyl (C=O) groups excluding carboxylic acids is 1. The minimum absolute atomic E-state index is 0.0387. The normalized spacial score (nSPS) is 11.9. The summed E-state index contributed by atoms with van der Waals surface area (Å²) < 4.78 is 53.3. The van der Waals surface area contributed by atoms with Crippen molar-refractivity contribution in [2.45, 2.75) is 24.0 Å². The number of rotatable bonds is 5. The zero-order valence-electron chi connectivity index (χ0n) is 17.2. The van der Waals surface area contributed by atoms with Gasteiger partial charge in [0.1, 0.15) is 11.5 Å². The quantitative estimate of drug-likeness (QED) is 0.340. The van der Waals surface area contributed by atoms with Gasteiger partial charge in [-0.05, 0) is 49.7 Å². The van der Waals surface area contributed by atoms with Crippen LogP contribution in [0.25, 0.3) is 22.2 Å². The molecule has 2 aromatic heterocycles. The Morgan fingerprint density at radius 3 is 2.41 bits per heavy atom. The van der Waals surface area contributed by atoms with Crippen molar-refractivity contribution < 1.29 is 22.0 Å². The maximum atomic E-state index is 14.4. The second kappa shape index (κ2) is 7.83. The van der Waals surface area contributed by atoms with E-state index in [4.69, 9.17) is 5.73 Å². The summed E-state index contributed by atoms with van der Waals surface area (Å²) in [5.41, 5.74) is 6.11. The number of ketones is 1. The number of hydrogen-bond acceptors (Lipinski definition) is 5. The lowest BCUT2D eigenvalue weighted by Crippen LogP contribution is -2.13. The number of sulfone groups is 1. The number of hydrogen-bond donors (Lipinski definition) is 2. The van der Waals surface area contributed by atoms with Crippen molar-refractivity contribution in [2.24, 2.45) is 0 Å². The number of fused-ring (bicyclic) bond motifs is 1. The molecule has 0 spiro atoms. The molecule has 6 nitrogen and oxygen atoms in total. The molecular weight excluding hydrogens is 436 g/mol. The molecular formula is C23H19F2N3O3S. The van der Waals surface area contributed by atoms with E-state index in [1.807, 2.05) is 0 Å². The number of benzene rings is 2. The number of pyridine rings is 1. The average Bonchev–Trinajstić information content (AvgIpc) is 3.19. The van der Waals surface area contributed by atoms with Gasteiger partial charge in [-0.1, -0.05) is 12.1 Å². The van der Waals surface area contributed by atoms with E-state index in [0.717, 1.165) is 12.1 Å². The maximum Gasteiger partial charge on any atom is 0.201 e. The molecule has 0 radical (unpaired) electrons. The van der Waals surface area contributed by atoms with E-state index >= 15 is 0 Å². The number of nitrogens with one attached hydrogen (secondary N) is 1. The Labute approximate surface area is 183 Å². The van der Waals surface area contributed by atoms with Crippen LogP contribution in [0.5, 0.6) is 0 Å². The minimum atomic E-state index is -3.41. The third-order valence-corrected chi connectivity index (χ3v) is 7.43. The van der Waals surface area contributed by atoms with Gasteiger partial charge in [0.2, 0.25) is 5.78 Å². The first-order valence-corrected chi connectivity index (χ1v) is 11.3.